The molecular weight excluding hydrogens is 218 g/mol. The summed E-state index contributed by atoms with van der Waals surface area (Å²) in [5, 5.41) is 0. The molecule has 0 fully saturated rings. The van der Waals surface area contributed by atoms with Gasteiger partial charge < -0.3 is 19.6 Å². The van der Waals surface area contributed by atoms with Crippen molar-refractivity contribution in [3.63, 3.8) is 0 Å². The first kappa shape index (κ1) is 13.3. The average Bonchev–Trinajstić information content (AvgIpc) is 1.84. The Balaban J connectivity index is 5.45. The van der Waals surface area contributed by atoms with Crippen LogP contribution in [0.2, 0.25) is 0 Å². The molecule has 0 atom stereocenters. The molecule has 0 heterocycles. The molecule has 0 amide bonds. The molecule has 8 heteroatoms. The zero-order valence-corrected chi connectivity index (χ0v) is 9.20. The highest BCUT2D eigenvalue weighted by Crippen LogP contribution is 2.71. The molecule has 80 valence electrons. The molecule has 0 rings (SSSR count). The zero-order valence-electron chi connectivity index (χ0n) is 7.41. The number of hydrogen-bond donors (Lipinski definition) is 4. The summed E-state index contributed by atoms with van der Waals surface area (Å²) < 4.78 is 21.9. The Morgan fingerprint density at radius 1 is 0.923 bits per heavy atom. The van der Waals surface area contributed by atoms with Crippen molar-refractivity contribution >= 4 is 15.2 Å². The minimum Gasteiger partial charge on any atom is -0.324 e. The highest BCUT2D eigenvalue weighted by Gasteiger charge is 2.57. The summed E-state index contributed by atoms with van der Waals surface area (Å²) in [7, 11) is -9.58. The van der Waals surface area contributed by atoms with Crippen LogP contribution in [0.15, 0.2) is 0 Å². The molecule has 0 aromatic carbocycles. The third-order valence-corrected chi connectivity index (χ3v) is 7.21. The smallest absolute Gasteiger partial charge is 0.324 e. The van der Waals surface area contributed by atoms with Crippen molar-refractivity contribution in [2.45, 2.75) is 31.6 Å². The Morgan fingerprint density at radius 2 is 1.15 bits per heavy atom. The third-order valence-electron chi connectivity index (χ3n) is 2.22. The van der Waals surface area contributed by atoms with Crippen molar-refractivity contribution < 1.29 is 28.7 Å². The van der Waals surface area contributed by atoms with Crippen LogP contribution < -0.4 is 0 Å². The fraction of sp³-hybridized carbons (Fsp3) is 1.00. The van der Waals surface area contributed by atoms with E-state index >= 15 is 0 Å². The van der Waals surface area contributed by atoms with Crippen LogP contribution in [0, 0.1) is 0 Å². The van der Waals surface area contributed by atoms with Crippen LogP contribution in [0.4, 0.5) is 0 Å². The maximum Gasteiger partial charge on any atom is 0.343 e. The minimum atomic E-state index is -4.79. The molecule has 0 aromatic heterocycles. The van der Waals surface area contributed by atoms with Crippen molar-refractivity contribution in [2.24, 2.45) is 0 Å². The first-order valence-corrected chi connectivity index (χ1v) is 6.96. The molecule has 0 aromatic rings. The van der Waals surface area contributed by atoms with E-state index in [-0.39, 0.29) is 12.8 Å². The molecule has 0 radical (unpaired) electrons. The largest absolute Gasteiger partial charge is 0.343 e. The summed E-state index contributed by atoms with van der Waals surface area (Å²) in [6, 6.07) is 0. The predicted octanol–water partition coefficient (Wildman–Crippen LogP) is 0.858. The quantitative estimate of drug-likeness (QED) is 0.534. The molecule has 13 heavy (non-hydrogen) atoms. The van der Waals surface area contributed by atoms with Crippen LogP contribution in [0.25, 0.3) is 0 Å². The van der Waals surface area contributed by atoms with E-state index in [1.807, 2.05) is 0 Å². The van der Waals surface area contributed by atoms with E-state index in [0.29, 0.717) is 0 Å². The minimum absolute atomic E-state index is 0.252. The maximum absolute atomic E-state index is 11.0. The number of hydrogen-bond acceptors (Lipinski definition) is 2. The first-order valence-electron chi connectivity index (χ1n) is 3.73. The van der Waals surface area contributed by atoms with Gasteiger partial charge in [0.2, 0.25) is 0 Å². The maximum atomic E-state index is 11.0. The Hall–Kier alpha value is 0.300. The van der Waals surface area contributed by atoms with Gasteiger partial charge >= 0.3 is 15.2 Å². The van der Waals surface area contributed by atoms with Crippen LogP contribution in [0.3, 0.4) is 0 Å². The normalized spacial score (nSPS) is 14.6. The number of rotatable bonds is 4. The molecule has 0 saturated carbocycles. The van der Waals surface area contributed by atoms with E-state index in [0.717, 1.165) is 0 Å². The lowest BCUT2D eigenvalue weighted by atomic mass is 10.2. The van der Waals surface area contributed by atoms with Crippen molar-refractivity contribution in [2.75, 3.05) is 0 Å². The summed E-state index contributed by atoms with van der Waals surface area (Å²) in [4.78, 5) is 33.3. The van der Waals surface area contributed by atoms with Gasteiger partial charge in [-0.15, -0.1) is 0 Å². The van der Waals surface area contributed by atoms with Crippen molar-refractivity contribution in [1.29, 1.82) is 0 Å². The van der Waals surface area contributed by atoms with Crippen LogP contribution in [0.5, 0.6) is 0 Å². The van der Waals surface area contributed by atoms with E-state index in [4.69, 9.17) is 19.6 Å². The first-order chi connectivity index (χ1) is 5.62. The Kier molecular flexibility index (Phi) is 3.90. The van der Waals surface area contributed by atoms with E-state index in [2.05, 4.69) is 0 Å². The van der Waals surface area contributed by atoms with Crippen molar-refractivity contribution in [3.05, 3.63) is 0 Å². The second kappa shape index (κ2) is 3.81. The second-order valence-corrected chi connectivity index (χ2v) is 7.02. The van der Waals surface area contributed by atoms with E-state index in [1.165, 1.54) is 13.8 Å². The van der Waals surface area contributed by atoms with E-state index < -0.39 is 20.1 Å². The van der Waals surface area contributed by atoms with Gasteiger partial charge in [0, 0.05) is 0 Å². The van der Waals surface area contributed by atoms with Gasteiger partial charge in [-0.3, -0.25) is 9.13 Å². The van der Waals surface area contributed by atoms with Gasteiger partial charge in [-0.1, -0.05) is 13.8 Å². The summed E-state index contributed by atoms with van der Waals surface area (Å²) in [6.07, 6.45) is -0.504. The molecule has 0 spiro atoms. The highest BCUT2D eigenvalue weighted by molar-refractivity contribution is 7.72. The summed E-state index contributed by atoms with van der Waals surface area (Å²) in [6.45, 7) is 2.70. The average molecular weight is 232 g/mol. The van der Waals surface area contributed by atoms with Gasteiger partial charge in [0.1, 0.15) is 0 Å². The molecule has 0 unspecified atom stereocenters. The molecular formula is C5H14O6P2. The van der Waals surface area contributed by atoms with Crippen molar-refractivity contribution in [3.8, 4) is 0 Å². The summed E-state index contributed by atoms with van der Waals surface area (Å²) in [5.74, 6) is 0. The van der Waals surface area contributed by atoms with E-state index in [9.17, 15) is 9.13 Å². The van der Waals surface area contributed by atoms with Crippen LogP contribution in [0.1, 0.15) is 26.7 Å². The molecule has 6 nitrogen and oxygen atoms in total. The SMILES string of the molecule is CCC(CC)(P(=O)(O)O)P(=O)(O)O. The molecule has 4 N–H and O–H groups in total. The van der Waals surface area contributed by atoms with Gasteiger partial charge in [-0.25, -0.2) is 0 Å². The topological polar surface area (TPSA) is 115 Å². The van der Waals surface area contributed by atoms with Crippen molar-refractivity contribution in [1.82, 2.24) is 0 Å². The van der Waals surface area contributed by atoms with Gasteiger partial charge in [0.15, 0.2) is 4.90 Å². The Bertz CT molecular complexity index is 234. The zero-order chi connectivity index (χ0) is 10.9. The molecule has 0 aliphatic rings. The van der Waals surface area contributed by atoms with Crippen LogP contribution >= 0.6 is 15.2 Å². The Labute approximate surface area is 76.3 Å². The second-order valence-electron chi connectivity index (χ2n) is 2.78. The third kappa shape index (κ3) is 2.21. The molecule has 0 aliphatic heterocycles. The standard InChI is InChI=1S/C5H14O6P2/c1-3-5(4-2,12(6,7)8)13(9,10)11/h3-4H2,1-2H3,(H2,6,7,8)(H2,9,10,11). The van der Waals surface area contributed by atoms with Gasteiger partial charge in [-0.2, -0.15) is 0 Å². The molecule has 0 bridgehead atoms. The van der Waals surface area contributed by atoms with Crippen LogP contribution in [-0.2, 0) is 9.13 Å². The molecule has 0 saturated heterocycles. The van der Waals surface area contributed by atoms with Gasteiger partial charge in [0.05, 0.1) is 0 Å². The summed E-state index contributed by atoms with van der Waals surface area (Å²) >= 11 is 0. The lowest BCUT2D eigenvalue weighted by Gasteiger charge is -2.32. The highest BCUT2D eigenvalue weighted by atomic mass is 31.2. The fourth-order valence-electron chi connectivity index (χ4n) is 1.24. The van der Waals surface area contributed by atoms with Gasteiger partial charge in [-0.05, 0) is 12.8 Å². The predicted molar refractivity (Wildman–Crippen MR) is 47.4 cm³/mol. The summed E-state index contributed by atoms with van der Waals surface area (Å²) in [5.41, 5.74) is 0. The lowest BCUT2D eigenvalue weighted by Crippen LogP contribution is -2.27. The van der Waals surface area contributed by atoms with Gasteiger partial charge in [0.25, 0.3) is 0 Å². The monoisotopic (exact) mass is 232 g/mol. The van der Waals surface area contributed by atoms with E-state index in [1.54, 1.807) is 0 Å². The lowest BCUT2D eigenvalue weighted by molar-refractivity contribution is 0.301. The van der Waals surface area contributed by atoms with Crippen LogP contribution in [-0.4, -0.2) is 24.5 Å². The fourth-order valence-corrected chi connectivity index (χ4v) is 4.25. The Morgan fingerprint density at radius 3 is 1.15 bits per heavy atom. The molecule has 0 aliphatic carbocycles.